The molecule has 0 N–H and O–H groups in total. The summed E-state index contributed by atoms with van der Waals surface area (Å²) in [6.07, 6.45) is 11.1. The minimum Gasteiger partial charge on any atom is -0.309 e. The minimum atomic E-state index is 0.976. The van der Waals surface area contributed by atoms with Crippen LogP contribution in [0.15, 0.2) is 200 Å². The average molecular weight is 764 g/mol. The molecule has 0 saturated carbocycles. The normalized spacial score (nSPS) is 12.8. The molecule has 0 radical (unpaired) electrons. The monoisotopic (exact) mass is 763 g/mol. The minimum absolute atomic E-state index is 0.976. The lowest BCUT2D eigenvalue weighted by Crippen LogP contribution is -2.11. The molecule has 0 saturated heterocycles. The molecule has 9 aromatic carbocycles. The van der Waals surface area contributed by atoms with Crippen molar-refractivity contribution < 1.29 is 0 Å². The molecule has 3 heterocycles. The molecule has 280 valence electrons. The number of hydrogen-bond donors (Lipinski definition) is 0. The van der Waals surface area contributed by atoms with Crippen LogP contribution >= 0.6 is 0 Å². The first-order valence-electron chi connectivity index (χ1n) is 20.5. The van der Waals surface area contributed by atoms with Crippen LogP contribution in [-0.4, -0.2) is 4.98 Å². The van der Waals surface area contributed by atoms with Gasteiger partial charge in [0, 0.05) is 33.7 Å². The largest absolute Gasteiger partial charge is 0.309 e. The Morgan fingerprint density at radius 3 is 1.32 bits per heavy atom. The fourth-order valence-corrected chi connectivity index (χ4v) is 9.47. The summed E-state index contributed by atoms with van der Waals surface area (Å²) in [5.74, 6) is 0. The average Bonchev–Trinajstić information content (AvgIpc) is 3.59. The lowest BCUT2D eigenvalue weighted by atomic mass is 9.84. The van der Waals surface area contributed by atoms with E-state index in [4.69, 9.17) is 4.98 Å². The zero-order valence-electron chi connectivity index (χ0n) is 32.7. The van der Waals surface area contributed by atoms with Gasteiger partial charge in [-0.2, -0.15) is 0 Å². The molecule has 0 fully saturated rings. The standard InChI is InChI=1S/C57H37N3/c1-3-17-44(18-4-1)59-51-25-13-7-15-38(51)27-29-40-31-33-42(35-53(40)59)55-46-21-9-10-22-47(46)56(57-48-23-11-12-24-50(48)58-37-49(55)57)43-34-32-41-30-28-39-16-8-14-26-52(39)60(54(41)36-43)45-19-5-2-6-20-45/h1-37H. The highest BCUT2D eigenvalue weighted by Gasteiger charge is 2.25. The molecule has 60 heavy (non-hydrogen) atoms. The summed E-state index contributed by atoms with van der Waals surface area (Å²) in [7, 11) is 0. The van der Waals surface area contributed by atoms with Gasteiger partial charge in [-0.25, -0.2) is 0 Å². The molecular weight excluding hydrogens is 727 g/mol. The van der Waals surface area contributed by atoms with E-state index in [1.807, 2.05) is 0 Å². The Kier molecular flexibility index (Phi) is 7.85. The van der Waals surface area contributed by atoms with Crippen LogP contribution in [0.4, 0.5) is 34.1 Å². The van der Waals surface area contributed by atoms with Gasteiger partial charge in [-0.05, 0) is 110 Å². The van der Waals surface area contributed by atoms with Crippen molar-refractivity contribution in [3.63, 3.8) is 0 Å². The zero-order valence-corrected chi connectivity index (χ0v) is 32.7. The van der Waals surface area contributed by atoms with Gasteiger partial charge in [0.05, 0.1) is 28.3 Å². The summed E-state index contributed by atoms with van der Waals surface area (Å²) >= 11 is 0. The van der Waals surface area contributed by atoms with E-state index in [0.717, 1.165) is 67.1 Å². The summed E-state index contributed by atoms with van der Waals surface area (Å²) in [6, 6.07) is 70.3. The topological polar surface area (TPSA) is 19.4 Å². The molecular formula is C57H37N3. The van der Waals surface area contributed by atoms with Gasteiger partial charge >= 0.3 is 0 Å². The second-order valence-corrected chi connectivity index (χ2v) is 15.5. The third-order valence-electron chi connectivity index (χ3n) is 12.1. The Hall–Kier alpha value is -8.01. The Morgan fingerprint density at radius 2 is 0.750 bits per heavy atom. The molecule has 0 spiro atoms. The van der Waals surface area contributed by atoms with Gasteiger partial charge in [0.25, 0.3) is 0 Å². The summed E-state index contributed by atoms with van der Waals surface area (Å²) in [6.45, 7) is 0. The molecule has 3 nitrogen and oxygen atoms in total. The predicted octanol–water partition coefficient (Wildman–Crippen LogP) is 15.8. The quantitative estimate of drug-likeness (QED) is 0.131. The second kappa shape index (κ2) is 13.8. The van der Waals surface area contributed by atoms with E-state index in [1.54, 1.807) is 0 Å². The maximum atomic E-state index is 5.15. The summed E-state index contributed by atoms with van der Waals surface area (Å²) in [4.78, 5) is 9.97. The number of aromatic nitrogens is 1. The number of fused-ring (bicyclic) bond motifs is 8. The van der Waals surface area contributed by atoms with Crippen molar-refractivity contribution in [3.05, 3.63) is 223 Å². The van der Waals surface area contributed by atoms with Gasteiger partial charge in [-0.1, -0.05) is 164 Å². The number of pyridine rings is 1. The van der Waals surface area contributed by atoms with E-state index in [9.17, 15) is 0 Å². The third-order valence-corrected chi connectivity index (χ3v) is 12.1. The van der Waals surface area contributed by atoms with E-state index in [1.165, 1.54) is 44.0 Å². The van der Waals surface area contributed by atoms with Crippen LogP contribution in [0.1, 0.15) is 22.3 Å². The van der Waals surface area contributed by atoms with E-state index in [2.05, 4.69) is 234 Å². The lowest BCUT2D eigenvalue weighted by Gasteiger charge is -2.28. The molecule has 0 bridgehead atoms. The molecule has 10 aromatic rings. The first-order chi connectivity index (χ1) is 29.8. The highest BCUT2D eigenvalue weighted by Crippen LogP contribution is 2.50. The SMILES string of the molecule is C1=Cc2ccc(-c3c4ccccc4c(-c4ccc5c(c4)N(c4ccccc4)c4ccccc4C=C5)c4c3cnc3ccccc34)cc2N(c2ccccc2)c2ccccc21. The van der Waals surface area contributed by atoms with E-state index < -0.39 is 0 Å². The molecule has 1 aromatic heterocycles. The fraction of sp³-hybridized carbons (Fsp3) is 0. The summed E-state index contributed by atoms with van der Waals surface area (Å²) < 4.78 is 0. The molecule has 0 atom stereocenters. The van der Waals surface area contributed by atoms with Crippen LogP contribution in [-0.2, 0) is 0 Å². The van der Waals surface area contributed by atoms with Crippen LogP contribution in [0.5, 0.6) is 0 Å². The summed E-state index contributed by atoms with van der Waals surface area (Å²) in [5.41, 5.74) is 17.2. The van der Waals surface area contributed by atoms with Gasteiger partial charge < -0.3 is 9.80 Å². The smallest absolute Gasteiger partial charge is 0.0708 e. The van der Waals surface area contributed by atoms with Gasteiger partial charge in [0.15, 0.2) is 0 Å². The van der Waals surface area contributed by atoms with Gasteiger partial charge in [-0.3, -0.25) is 4.98 Å². The number of benzene rings is 9. The maximum Gasteiger partial charge on any atom is 0.0708 e. The van der Waals surface area contributed by atoms with Crippen molar-refractivity contribution in [3.8, 4) is 22.3 Å². The zero-order chi connectivity index (χ0) is 39.6. The Balaban J connectivity index is 1.15. The van der Waals surface area contributed by atoms with E-state index in [-0.39, 0.29) is 0 Å². The van der Waals surface area contributed by atoms with E-state index in [0.29, 0.717) is 0 Å². The molecule has 0 unspecified atom stereocenters. The number of para-hydroxylation sites is 5. The predicted molar refractivity (Wildman–Crippen MR) is 255 cm³/mol. The Labute approximate surface area is 349 Å². The highest BCUT2D eigenvalue weighted by molar-refractivity contribution is 6.27. The van der Waals surface area contributed by atoms with Crippen molar-refractivity contribution in [2.24, 2.45) is 0 Å². The van der Waals surface area contributed by atoms with Crippen LogP contribution in [0, 0.1) is 0 Å². The number of hydrogen-bond acceptors (Lipinski definition) is 3. The second-order valence-electron chi connectivity index (χ2n) is 15.5. The van der Waals surface area contributed by atoms with Crippen molar-refractivity contribution >= 4 is 90.9 Å². The molecule has 12 rings (SSSR count). The Morgan fingerprint density at radius 1 is 0.317 bits per heavy atom. The molecule has 0 amide bonds. The fourth-order valence-electron chi connectivity index (χ4n) is 9.47. The highest BCUT2D eigenvalue weighted by atomic mass is 15.2. The number of rotatable bonds is 4. The van der Waals surface area contributed by atoms with Crippen LogP contribution in [0.2, 0.25) is 0 Å². The molecule has 2 aliphatic rings. The first kappa shape index (κ1) is 34.1. The molecule has 3 heteroatoms. The number of nitrogens with zero attached hydrogens (tertiary/aromatic N) is 3. The molecule has 2 aliphatic heterocycles. The van der Waals surface area contributed by atoms with Crippen LogP contribution in [0.25, 0.3) is 79.0 Å². The van der Waals surface area contributed by atoms with Crippen LogP contribution in [0.3, 0.4) is 0 Å². The van der Waals surface area contributed by atoms with Crippen molar-refractivity contribution in [1.82, 2.24) is 4.98 Å². The van der Waals surface area contributed by atoms with Gasteiger partial charge in [0.2, 0.25) is 0 Å². The lowest BCUT2D eigenvalue weighted by molar-refractivity contribution is 1.28. The number of anilines is 6. The molecule has 0 aliphatic carbocycles. The van der Waals surface area contributed by atoms with Crippen molar-refractivity contribution in [2.75, 3.05) is 9.80 Å². The maximum absolute atomic E-state index is 5.15. The van der Waals surface area contributed by atoms with Crippen molar-refractivity contribution in [1.29, 1.82) is 0 Å². The summed E-state index contributed by atoms with van der Waals surface area (Å²) in [5, 5.41) is 5.85. The van der Waals surface area contributed by atoms with Gasteiger partial charge in [-0.15, -0.1) is 0 Å². The van der Waals surface area contributed by atoms with Crippen LogP contribution < -0.4 is 9.80 Å². The first-order valence-corrected chi connectivity index (χ1v) is 20.5. The van der Waals surface area contributed by atoms with Crippen molar-refractivity contribution in [2.45, 2.75) is 0 Å². The third kappa shape index (κ3) is 5.40. The van der Waals surface area contributed by atoms with E-state index >= 15 is 0 Å². The Bertz CT molecular complexity index is 3380. The van der Waals surface area contributed by atoms with Gasteiger partial charge in [0.1, 0.15) is 0 Å².